The van der Waals surface area contributed by atoms with Crippen LogP contribution in [0, 0.1) is 10.1 Å². The Balaban J connectivity index is 2.81. The molecule has 1 rings (SSSR count). The van der Waals surface area contributed by atoms with Crippen LogP contribution < -0.4 is 10.6 Å². The molecule has 6 heteroatoms. The highest BCUT2D eigenvalue weighted by molar-refractivity contribution is 5.96. The molecule has 0 radical (unpaired) electrons. The number of rotatable bonds is 7. The van der Waals surface area contributed by atoms with Crippen LogP contribution in [0.2, 0.25) is 0 Å². The molecule has 0 aromatic heterocycles. The lowest BCUT2D eigenvalue weighted by Crippen LogP contribution is -2.32. The van der Waals surface area contributed by atoms with E-state index in [1.165, 1.54) is 18.2 Å². The van der Waals surface area contributed by atoms with Crippen LogP contribution in [-0.4, -0.2) is 23.9 Å². The summed E-state index contributed by atoms with van der Waals surface area (Å²) in [4.78, 5) is 22.4. The minimum atomic E-state index is -0.475. The van der Waals surface area contributed by atoms with Gasteiger partial charge in [0.15, 0.2) is 0 Å². The van der Waals surface area contributed by atoms with Crippen molar-refractivity contribution in [3.05, 3.63) is 33.9 Å². The Hall–Kier alpha value is -2.11. The molecule has 0 aliphatic rings. The van der Waals surface area contributed by atoms with Gasteiger partial charge in [0.05, 0.1) is 4.92 Å². The summed E-state index contributed by atoms with van der Waals surface area (Å²) in [5, 5.41) is 16.5. The number of nitrogens with one attached hydrogen (secondary N) is 2. The van der Waals surface area contributed by atoms with Crippen molar-refractivity contribution in [2.24, 2.45) is 0 Å². The Labute approximate surface area is 118 Å². The van der Waals surface area contributed by atoms with Crippen molar-refractivity contribution in [2.75, 3.05) is 12.4 Å². The molecule has 20 heavy (non-hydrogen) atoms. The zero-order valence-corrected chi connectivity index (χ0v) is 12.1. The first-order valence-corrected chi connectivity index (χ1v) is 6.76. The van der Waals surface area contributed by atoms with Gasteiger partial charge in [-0.1, -0.05) is 19.8 Å². The molecule has 0 saturated heterocycles. The van der Waals surface area contributed by atoms with Crippen LogP contribution in [0.1, 0.15) is 43.5 Å². The quantitative estimate of drug-likeness (QED) is 0.593. The highest BCUT2D eigenvalue weighted by Gasteiger charge is 2.16. The van der Waals surface area contributed by atoms with E-state index in [0.29, 0.717) is 11.3 Å². The maximum Gasteiger partial charge on any atom is 0.292 e. The van der Waals surface area contributed by atoms with Crippen molar-refractivity contribution in [1.82, 2.24) is 5.32 Å². The van der Waals surface area contributed by atoms with Crippen LogP contribution in [0.15, 0.2) is 18.2 Å². The van der Waals surface area contributed by atoms with Crippen molar-refractivity contribution >= 4 is 17.3 Å². The lowest BCUT2D eigenvalue weighted by molar-refractivity contribution is -0.383. The number of carbonyl (C=O) groups excluding carboxylic acids is 1. The summed E-state index contributed by atoms with van der Waals surface area (Å²) in [5.41, 5.74) is 0.718. The summed E-state index contributed by atoms with van der Waals surface area (Å²) in [6.45, 7) is 4.06. The zero-order valence-electron chi connectivity index (χ0n) is 12.1. The van der Waals surface area contributed by atoms with E-state index < -0.39 is 4.92 Å². The summed E-state index contributed by atoms with van der Waals surface area (Å²) in [5.74, 6) is -0.208. The number of hydrogen-bond donors (Lipinski definition) is 2. The molecule has 110 valence electrons. The topological polar surface area (TPSA) is 84.3 Å². The second kappa shape index (κ2) is 7.47. The second-order valence-electron chi connectivity index (χ2n) is 4.76. The molecule has 1 aromatic rings. The van der Waals surface area contributed by atoms with E-state index >= 15 is 0 Å². The first-order chi connectivity index (χ1) is 9.49. The molecule has 1 atom stereocenters. The van der Waals surface area contributed by atoms with E-state index in [4.69, 9.17) is 0 Å². The molecule has 0 heterocycles. The van der Waals surface area contributed by atoms with E-state index in [-0.39, 0.29) is 17.6 Å². The van der Waals surface area contributed by atoms with Crippen LogP contribution >= 0.6 is 0 Å². The van der Waals surface area contributed by atoms with Crippen LogP contribution in [-0.2, 0) is 0 Å². The number of nitro benzene ring substituents is 1. The van der Waals surface area contributed by atoms with Gasteiger partial charge in [-0.2, -0.15) is 0 Å². The zero-order chi connectivity index (χ0) is 15.1. The van der Waals surface area contributed by atoms with Gasteiger partial charge in [0.2, 0.25) is 0 Å². The Kier molecular flexibility index (Phi) is 5.96. The lowest BCUT2D eigenvalue weighted by Gasteiger charge is -2.13. The van der Waals surface area contributed by atoms with Crippen LogP contribution in [0.5, 0.6) is 0 Å². The van der Waals surface area contributed by atoms with Crippen molar-refractivity contribution in [3.63, 3.8) is 0 Å². The van der Waals surface area contributed by atoms with Gasteiger partial charge < -0.3 is 10.6 Å². The van der Waals surface area contributed by atoms with E-state index in [2.05, 4.69) is 17.6 Å². The highest BCUT2D eigenvalue weighted by atomic mass is 16.6. The van der Waals surface area contributed by atoms with Crippen molar-refractivity contribution in [3.8, 4) is 0 Å². The monoisotopic (exact) mass is 279 g/mol. The third kappa shape index (κ3) is 4.22. The fraction of sp³-hybridized carbons (Fsp3) is 0.500. The molecule has 0 saturated carbocycles. The second-order valence-corrected chi connectivity index (χ2v) is 4.76. The van der Waals surface area contributed by atoms with E-state index in [9.17, 15) is 14.9 Å². The van der Waals surface area contributed by atoms with Gasteiger partial charge in [0.1, 0.15) is 5.69 Å². The third-order valence-electron chi connectivity index (χ3n) is 3.09. The van der Waals surface area contributed by atoms with Crippen molar-refractivity contribution in [1.29, 1.82) is 0 Å². The first-order valence-electron chi connectivity index (χ1n) is 6.76. The fourth-order valence-corrected chi connectivity index (χ4v) is 1.93. The maximum absolute atomic E-state index is 12.1. The number of nitro groups is 1. The minimum absolute atomic E-state index is 0.0388. The summed E-state index contributed by atoms with van der Waals surface area (Å²) in [6.07, 6.45) is 3.07. The number of amides is 1. The molecule has 0 spiro atoms. The van der Waals surface area contributed by atoms with Gasteiger partial charge >= 0.3 is 0 Å². The molecular weight excluding hydrogens is 258 g/mol. The summed E-state index contributed by atoms with van der Waals surface area (Å²) >= 11 is 0. The molecule has 1 amide bonds. The molecule has 0 bridgehead atoms. The van der Waals surface area contributed by atoms with E-state index in [1.54, 1.807) is 7.05 Å². The van der Waals surface area contributed by atoms with Crippen molar-refractivity contribution < 1.29 is 9.72 Å². The van der Waals surface area contributed by atoms with Gasteiger partial charge in [-0.3, -0.25) is 14.9 Å². The Morgan fingerprint density at radius 2 is 2.15 bits per heavy atom. The van der Waals surface area contributed by atoms with Gasteiger partial charge in [-0.25, -0.2) is 0 Å². The van der Waals surface area contributed by atoms with Gasteiger partial charge in [0, 0.05) is 24.7 Å². The Bertz CT molecular complexity index is 489. The summed E-state index contributed by atoms with van der Waals surface area (Å²) in [6, 6.07) is 4.41. The summed E-state index contributed by atoms with van der Waals surface area (Å²) in [7, 11) is 1.59. The normalized spacial score (nSPS) is 11.8. The molecule has 0 aliphatic heterocycles. The molecule has 6 nitrogen and oxygen atoms in total. The molecule has 1 aromatic carbocycles. The molecule has 2 N–H and O–H groups in total. The van der Waals surface area contributed by atoms with Crippen molar-refractivity contribution in [2.45, 2.75) is 39.2 Å². The van der Waals surface area contributed by atoms with Crippen LogP contribution in [0.4, 0.5) is 11.4 Å². The van der Waals surface area contributed by atoms with Gasteiger partial charge in [0.25, 0.3) is 11.6 Å². The largest absolute Gasteiger partial charge is 0.383 e. The number of unbranched alkanes of at least 4 members (excludes halogenated alkanes) is 1. The first kappa shape index (κ1) is 15.9. The number of benzene rings is 1. The predicted molar refractivity (Wildman–Crippen MR) is 79.1 cm³/mol. The average molecular weight is 279 g/mol. The standard InChI is InChI=1S/C14H21N3O3/c1-4-5-6-10(2)16-14(18)11-7-8-13(17(19)20)12(9-11)15-3/h7-10,15H,4-6H2,1-3H3,(H,16,18). The van der Waals surface area contributed by atoms with E-state index in [0.717, 1.165) is 19.3 Å². The fourth-order valence-electron chi connectivity index (χ4n) is 1.93. The van der Waals surface area contributed by atoms with Crippen LogP contribution in [0.3, 0.4) is 0 Å². The van der Waals surface area contributed by atoms with Gasteiger partial charge in [-0.05, 0) is 25.5 Å². The third-order valence-corrected chi connectivity index (χ3v) is 3.09. The average Bonchev–Trinajstić information content (AvgIpc) is 2.44. The minimum Gasteiger partial charge on any atom is -0.383 e. The highest BCUT2D eigenvalue weighted by Crippen LogP contribution is 2.24. The summed E-state index contributed by atoms with van der Waals surface area (Å²) < 4.78 is 0. The lowest BCUT2D eigenvalue weighted by atomic mass is 10.1. The maximum atomic E-state index is 12.1. The number of hydrogen-bond acceptors (Lipinski definition) is 4. The SMILES string of the molecule is CCCCC(C)NC(=O)c1ccc([N+](=O)[O-])c(NC)c1. The Morgan fingerprint density at radius 3 is 2.70 bits per heavy atom. The smallest absolute Gasteiger partial charge is 0.292 e. The van der Waals surface area contributed by atoms with E-state index in [1.807, 2.05) is 6.92 Å². The predicted octanol–water partition coefficient (Wildman–Crippen LogP) is 2.95. The molecule has 0 aliphatic carbocycles. The number of carbonyl (C=O) groups is 1. The molecule has 1 unspecified atom stereocenters. The van der Waals surface area contributed by atoms with Crippen LogP contribution in [0.25, 0.3) is 0 Å². The molecular formula is C14H21N3O3. The van der Waals surface area contributed by atoms with Gasteiger partial charge in [-0.15, -0.1) is 0 Å². The molecule has 0 fully saturated rings. The number of nitrogens with zero attached hydrogens (tertiary/aromatic N) is 1. The number of anilines is 1. The Morgan fingerprint density at radius 1 is 1.45 bits per heavy atom.